The van der Waals surface area contributed by atoms with Crippen molar-refractivity contribution in [3.63, 3.8) is 0 Å². The molecule has 1 aliphatic rings. The summed E-state index contributed by atoms with van der Waals surface area (Å²) in [5.74, 6) is 0.477. The third kappa shape index (κ3) is 3.11. The third-order valence-electron chi connectivity index (χ3n) is 2.34. The quantitative estimate of drug-likeness (QED) is 0.790. The summed E-state index contributed by atoms with van der Waals surface area (Å²) in [5, 5.41) is 7.46. The second-order valence-corrected chi connectivity index (χ2v) is 5.30. The maximum absolute atomic E-state index is 11.0. The summed E-state index contributed by atoms with van der Waals surface area (Å²) < 4.78 is 32.3. The average molecular weight is 272 g/mol. The van der Waals surface area contributed by atoms with Gasteiger partial charge in [-0.2, -0.15) is 0 Å². The van der Waals surface area contributed by atoms with Gasteiger partial charge < -0.3 is 14.8 Å². The molecule has 1 aromatic carbocycles. The number of nitrogens with one attached hydrogen (secondary N) is 1. The maximum atomic E-state index is 11.0. The van der Waals surface area contributed by atoms with Crippen LogP contribution in [-0.2, 0) is 14.8 Å². The van der Waals surface area contributed by atoms with Crippen LogP contribution in [0.1, 0.15) is 0 Å². The van der Waals surface area contributed by atoms with Crippen molar-refractivity contribution in [2.24, 2.45) is 5.14 Å². The number of benzene rings is 1. The molecule has 1 heterocycles. The summed E-state index contributed by atoms with van der Waals surface area (Å²) in [4.78, 5) is 10.8. The Balaban J connectivity index is 1.93. The molecule has 0 spiro atoms. The van der Waals surface area contributed by atoms with Crippen molar-refractivity contribution in [1.82, 2.24) is 5.32 Å². The lowest BCUT2D eigenvalue weighted by Gasteiger charge is -2.10. The molecule has 1 unspecified atom stereocenters. The van der Waals surface area contributed by atoms with Crippen molar-refractivity contribution < 1.29 is 22.7 Å². The fourth-order valence-corrected chi connectivity index (χ4v) is 1.95. The van der Waals surface area contributed by atoms with E-state index in [1.165, 1.54) is 24.3 Å². The van der Waals surface area contributed by atoms with Crippen molar-refractivity contribution in [2.45, 2.75) is 11.0 Å². The molecule has 0 aliphatic carbocycles. The van der Waals surface area contributed by atoms with Crippen LogP contribution >= 0.6 is 0 Å². The minimum Gasteiger partial charge on any atom is -0.490 e. The van der Waals surface area contributed by atoms with Gasteiger partial charge in [0, 0.05) is 0 Å². The van der Waals surface area contributed by atoms with Crippen LogP contribution in [0.2, 0.25) is 0 Å². The molecule has 0 saturated carbocycles. The van der Waals surface area contributed by atoms with E-state index in [1.807, 2.05) is 0 Å². The number of nitrogens with two attached hydrogens (primary N) is 1. The van der Waals surface area contributed by atoms with Gasteiger partial charge >= 0.3 is 6.09 Å². The number of carbonyl (C=O) groups is 1. The van der Waals surface area contributed by atoms with Gasteiger partial charge in [-0.15, -0.1) is 0 Å². The van der Waals surface area contributed by atoms with E-state index in [2.05, 4.69) is 5.32 Å². The lowest BCUT2D eigenvalue weighted by molar-refractivity contribution is 0.105. The maximum Gasteiger partial charge on any atom is 0.407 e. The molecule has 2 rings (SSSR count). The monoisotopic (exact) mass is 272 g/mol. The topological polar surface area (TPSA) is 108 Å². The fraction of sp³-hybridized carbons (Fsp3) is 0.300. The van der Waals surface area contributed by atoms with Gasteiger partial charge in [-0.05, 0) is 24.3 Å². The Morgan fingerprint density at radius 3 is 2.56 bits per heavy atom. The molecular weight excluding hydrogens is 260 g/mol. The van der Waals surface area contributed by atoms with Gasteiger partial charge in [0.25, 0.3) is 0 Å². The van der Waals surface area contributed by atoms with E-state index in [0.29, 0.717) is 12.3 Å². The van der Waals surface area contributed by atoms with Gasteiger partial charge in [0.05, 0.1) is 11.4 Å². The summed E-state index contributed by atoms with van der Waals surface area (Å²) in [6, 6.07) is 5.68. The number of amides is 1. The number of sulfonamides is 1. The van der Waals surface area contributed by atoms with E-state index in [1.54, 1.807) is 0 Å². The highest BCUT2D eigenvalue weighted by Gasteiger charge is 2.22. The van der Waals surface area contributed by atoms with Crippen LogP contribution in [0.3, 0.4) is 0 Å². The van der Waals surface area contributed by atoms with Gasteiger partial charge in [-0.1, -0.05) is 0 Å². The van der Waals surface area contributed by atoms with Crippen molar-refractivity contribution in [1.29, 1.82) is 0 Å². The summed E-state index contributed by atoms with van der Waals surface area (Å²) >= 11 is 0. The second-order valence-electron chi connectivity index (χ2n) is 3.74. The zero-order valence-electron chi connectivity index (χ0n) is 9.33. The number of rotatable bonds is 4. The van der Waals surface area contributed by atoms with Crippen molar-refractivity contribution >= 4 is 16.1 Å². The third-order valence-corrected chi connectivity index (χ3v) is 3.27. The lowest BCUT2D eigenvalue weighted by atomic mass is 10.3. The van der Waals surface area contributed by atoms with E-state index in [-0.39, 0.29) is 17.6 Å². The fourth-order valence-electron chi connectivity index (χ4n) is 1.44. The standard InChI is InChI=1S/C10H12N2O5S/c11-18(14,15)9-3-1-7(2-4-9)16-6-8-5-12-10(13)17-8/h1-4,8H,5-6H2,(H,12,13)(H2,11,14,15). The van der Waals surface area contributed by atoms with Crippen LogP contribution in [-0.4, -0.2) is 33.8 Å². The van der Waals surface area contributed by atoms with Crippen LogP contribution < -0.4 is 15.2 Å². The number of alkyl carbamates (subject to hydrolysis) is 1. The first-order valence-corrected chi connectivity index (χ1v) is 6.70. The molecule has 7 nitrogen and oxygen atoms in total. The highest BCUT2D eigenvalue weighted by molar-refractivity contribution is 7.89. The van der Waals surface area contributed by atoms with Gasteiger partial charge in [0.1, 0.15) is 12.4 Å². The molecule has 0 radical (unpaired) electrons. The number of cyclic esters (lactones) is 1. The SMILES string of the molecule is NS(=O)(=O)c1ccc(OCC2CNC(=O)O2)cc1. The molecule has 0 bridgehead atoms. The van der Waals surface area contributed by atoms with Gasteiger partial charge in [0.15, 0.2) is 6.10 Å². The molecule has 1 fully saturated rings. The van der Waals surface area contributed by atoms with Crippen LogP contribution in [0.4, 0.5) is 4.79 Å². The first-order chi connectivity index (χ1) is 8.45. The molecule has 1 saturated heterocycles. The average Bonchev–Trinajstić information content (AvgIpc) is 2.72. The van der Waals surface area contributed by atoms with Gasteiger partial charge in [-0.25, -0.2) is 18.4 Å². The Hall–Kier alpha value is -1.80. The van der Waals surface area contributed by atoms with E-state index in [4.69, 9.17) is 14.6 Å². The second kappa shape index (κ2) is 4.83. The summed E-state index contributed by atoms with van der Waals surface area (Å²) in [6.45, 7) is 0.599. The lowest BCUT2D eigenvalue weighted by Crippen LogP contribution is -2.22. The summed E-state index contributed by atoms with van der Waals surface area (Å²) in [6.07, 6.45) is -0.802. The number of hydrogen-bond acceptors (Lipinski definition) is 5. The number of ether oxygens (including phenoxy) is 2. The molecule has 18 heavy (non-hydrogen) atoms. The van der Waals surface area contributed by atoms with Gasteiger partial charge in [-0.3, -0.25) is 0 Å². The molecule has 1 amide bonds. The summed E-state index contributed by atoms with van der Waals surface area (Å²) in [7, 11) is -3.69. The number of hydrogen-bond donors (Lipinski definition) is 2. The smallest absolute Gasteiger partial charge is 0.407 e. The van der Waals surface area contributed by atoms with Crippen LogP contribution in [0.25, 0.3) is 0 Å². The molecule has 1 aromatic rings. The molecular formula is C10H12N2O5S. The molecule has 8 heteroatoms. The highest BCUT2D eigenvalue weighted by atomic mass is 32.2. The Morgan fingerprint density at radius 2 is 2.06 bits per heavy atom. The minimum atomic E-state index is -3.69. The first-order valence-electron chi connectivity index (χ1n) is 5.15. The Labute approximate surface area is 104 Å². The molecule has 3 N–H and O–H groups in total. The predicted molar refractivity (Wildman–Crippen MR) is 61.6 cm³/mol. The first kappa shape index (κ1) is 12.7. The van der Waals surface area contributed by atoms with E-state index < -0.39 is 16.1 Å². The molecule has 1 atom stereocenters. The Bertz CT molecular complexity index is 540. The Kier molecular flexibility index (Phi) is 3.39. The predicted octanol–water partition coefficient (Wildman–Crippen LogP) is -0.179. The summed E-state index contributed by atoms with van der Waals surface area (Å²) in [5.41, 5.74) is 0. The van der Waals surface area contributed by atoms with Gasteiger partial charge in [0.2, 0.25) is 10.0 Å². The van der Waals surface area contributed by atoms with Crippen LogP contribution in [0.15, 0.2) is 29.2 Å². The zero-order valence-corrected chi connectivity index (χ0v) is 10.1. The van der Waals surface area contributed by atoms with E-state index >= 15 is 0 Å². The normalized spacial score (nSPS) is 19.2. The van der Waals surface area contributed by atoms with Crippen molar-refractivity contribution in [3.8, 4) is 5.75 Å². The van der Waals surface area contributed by atoms with E-state index in [9.17, 15) is 13.2 Å². The van der Waals surface area contributed by atoms with Crippen LogP contribution in [0, 0.1) is 0 Å². The van der Waals surface area contributed by atoms with E-state index in [0.717, 1.165) is 0 Å². The number of primary sulfonamides is 1. The highest BCUT2D eigenvalue weighted by Crippen LogP contribution is 2.15. The molecule has 0 aromatic heterocycles. The molecule has 98 valence electrons. The molecule has 1 aliphatic heterocycles. The largest absolute Gasteiger partial charge is 0.490 e. The Morgan fingerprint density at radius 1 is 1.39 bits per heavy atom. The zero-order chi connectivity index (χ0) is 13.2. The van der Waals surface area contributed by atoms with Crippen molar-refractivity contribution in [2.75, 3.05) is 13.2 Å². The van der Waals surface area contributed by atoms with Crippen LogP contribution in [0.5, 0.6) is 5.75 Å². The van der Waals surface area contributed by atoms with Crippen molar-refractivity contribution in [3.05, 3.63) is 24.3 Å². The minimum absolute atomic E-state index is 0.0174. The number of carbonyl (C=O) groups excluding carboxylic acids is 1.